The van der Waals surface area contributed by atoms with E-state index in [0.29, 0.717) is 0 Å². The summed E-state index contributed by atoms with van der Waals surface area (Å²) in [5, 5.41) is 11.6. The minimum absolute atomic E-state index is 0.123. The second kappa shape index (κ2) is 5.69. The number of carbonyl (C=O) groups is 1. The van der Waals surface area contributed by atoms with Gasteiger partial charge in [-0.15, -0.1) is 0 Å². The monoisotopic (exact) mass is 262 g/mol. The molecule has 2 rings (SSSR count). The van der Waals surface area contributed by atoms with Crippen LogP contribution in [0.2, 0.25) is 0 Å². The molecule has 1 aliphatic rings. The molecule has 6 heteroatoms. The van der Waals surface area contributed by atoms with Gasteiger partial charge in [0, 0.05) is 44.4 Å². The molecule has 102 valence electrons. The molecule has 0 bridgehead atoms. The zero-order valence-corrected chi connectivity index (χ0v) is 11.2. The molecule has 1 N–H and O–H groups in total. The number of carbonyl (C=O) groups excluding carboxylic acids is 1. The second-order valence-corrected chi connectivity index (χ2v) is 4.58. The normalized spacial score (nSPS) is 16.1. The van der Waals surface area contributed by atoms with Crippen LogP contribution in [0.25, 0.3) is 0 Å². The number of hydrogen-bond acceptors (Lipinski definition) is 5. The molecule has 0 radical (unpaired) electrons. The highest BCUT2D eigenvalue weighted by Crippen LogP contribution is 2.16. The molecular formula is C13H18N4O2. The summed E-state index contributed by atoms with van der Waals surface area (Å²) in [6, 6.07) is 3.79. The molecule has 1 aliphatic heterocycles. The van der Waals surface area contributed by atoms with Crippen molar-refractivity contribution in [2.75, 3.05) is 31.1 Å². The summed E-state index contributed by atoms with van der Waals surface area (Å²) >= 11 is 0. The highest BCUT2D eigenvalue weighted by molar-refractivity contribution is 5.80. The van der Waals surface area contributed by atoms with E-state index in [1.165, 1.54) is 6.21 Å². The maximum atomic E-state index is 11.3. The van der Waals surface area contributed by atoms with E-state index in [1.54, 1.807) is 6.92 Å². The van der Waals surface area contributed by atoms with Gasteiger partial charge < -0.3 is 15.0 Å². The number of aromatic nitrogens is 1. The molecule has 6 nitrogen and oxygen atoms in total. The highest BCUT2D eigenvalue weighted by Gasteiger charge is 2.19. The number of nitrogens with zero attached hydrogens (tertiary/aromatic N) is 4. The van der Waals surface area contributed by atoms with Crippen LogP contribution in [-0.4, -0.2) is 53.4 Å². The van der Waals surface area contributed by atoms with E-state index >= 15 is 0 Å². The van der Waals surface area contributed by atoms with Gasteiger partial charge in [-0.1, -0.05) is 5.16 Å². The highest BCUT2D eigenvalue weighted by atomic mass is 16.4. The van der Waals surface area contributed by atoms with Crippen LogP contribution in [0.4, 0.5) is 5.82 Å². The van der Waals surface area contributed by atoms with Crippen molar-refractivity contribution in [2.24, 2.45) is 5.16 Å². The number of anilines is 1. The van der Waals surface area contributed by atoms with Crippen molar-refractivity contribution in [1.82, 2.24) is 9.88 Å². The summed E-state index contributed by atoms with van der Waals surface area (Å²) in [5.74, 6) is 1.02. The van der Waals surface area contributed by atoms with Crippen molar-refractivity contribution in [2.45, 2.75) is 13.8 Å². The van der Waals surface area contributed by atoms with Crippen LogP contribution in [-0.2, 0) is 4.79 Å². The Labute approximate surface area is 112 Å². The Kier molecular flexibility index (Phi) is 3.99. The summed E-state index contributed by atoms with van der Waals surface area (Å²) in [5.41, 5.74) is 1.62. The summed E-state index contributed by atoms with van der Waals surface area (Å²) < 4.78 is 0. The molecule has 0 spiro atoms. The first kappa shape index (κ1) is 13.3. The molecule has 2 heterocycles. The van der Waals surface area contributed by atoms with E-state index in [-0.39, 0.29) is 5.91 Å². The van der Waals surface area contributed by atoms with Gasteiger partial charge in [-0.05, 0) is 19.1 Å². The predicted molar refractivity (Wildman–Crippen MR) is 72.8 cm³/mol. The molecule has 0 aromatic carbocycles. The van der Waals surface area contributed by atoms with Crippen LogP contribution >= 0.6 is 0 Å². The Morgan fingerprint density at radius 3 is 2.58 bits per heavy atom. The van der Waals surface area contributed by atoms with Crippen molar-refractivity contribution in [3.8, 4) is 0 Å². The summed E-state index contributed by atoms with van der Waals surface area (Å²) in [4.78, 5) is 19.8. The average Bonchev–Trinajstić information content (AvgIpc) is 2.41. The molecular weight excluding hydrogens is 244 g/mol. The van der Waals surface area contributed by atoms with Crippen LogP contribution < -0.4 is 4.90 Å². The van der Waals surface area contributed by atoms with Crippen LogP contribution in [0.15, 0.2) is 17.3 Å². The van der Waals surface area contributed by atoms with Crippen molar-refractivity contribution in [3.63, 3.8) is 0 Å². The molecule has 1 amide bonds. The number of piperazine rings is 1. The molecule has 1 saturated heterocycles. The lowest BCUT2D eigenvalue weighted by atomic mass is 10.2. The summed E-state index contributed by atoms with van der Waals surface area (Å²) in [7, 11) is 0. The smallest absolute Gasteiger partial charge is 0.219 e. The Bertz CT molecular complexity index is 493. The number of aryl methyl sites for hydroxylation is 1. The van der Waals surface area contributed by atoms with Gasteiger partial charge in [-0.3, -0.25) is 4.79 Å². The molecule has 0 saturated carbocycles. The molecule has 1 aromatic heterocycles. The van der Waals surface area contributed by atoms with Crippen LogP contribution in [0, 0.1) is 6.92 Å². The van der Waals surface area contributed by atoms with Gasteiger partial charge in [0.2, 0.25) is 5.91 Å². The number of amides is 1. The first-order chi connectivity index (χ1) is 9.11. The number of pyridine rings is 1. The third-order valence-electron chi connectivity index (χ3n) is 3.36. The van der Waals surface area contributed by atoms with Gasteiger partial charge >= 0.3 is 0 Å². The van der Waals surface area contributed by atoms with Crippen LogP contribution in [0.5, 0.6) is 0 Å². The quantitative estimate of drug-likeness (QED) is 0.488. The van der Waals surface area contributed by atoms with E-state index in [9.17, 15) is 4.79 Å². The minimum atomic E-state index is 0.123. The lowest BCUT2D eigenvalue weighted by Gasteiger charge is -2.35. The van der Waals surface area contributed by atoms with Gasteiger partial charge in [-0.25, -0.2) is 4.98 Å². The summed E-state index contributed by atoms with van der Waals surface area (Å²) in [6.07, 6.45) is 1.37. The third-order valence-corrected chi connectivity index (χ3v) is 3.36. The lowest BCUT2D eigenvalue weighted by Crippen LogP contribution is -2.48. The van der Waals surface area contributed by atoms with Crippen LogP contribution in [0.3, 0.4) is 0 Å². The van der Waals surface area contributed by atoms with Gasteiger partial charge in [0.25, 0.3) is 0 Å². The van der Waals surface area contributed by atoms with E-state index in [1.807, 2.05) is 24.0 Å². The van der Waals surface area contributed by atoms with E-state index < -0.39 is 0 Å². The Morgan fingerprint density at radius 1 is 1.37 bits per heavy atom. The number of rotatable bonds is 2. The Morgan fingerprint density at radius 2 is 2.05 bits per heavy atom. The SMILES string of the molecule is CC(=O)N1CCN(c2ccc(/C=N/O)c(C)n2)CC1. The van der Waals surface area contributed by atoms with E-state index in [0.717, 1.165) is 43.3 Å². The maximum Gasteiger partial charge on any atom is 0.219 e. The van der Waals surface area contributed by atoms with Gasteiger partial charge in [0.1, 0.15) is 5.82 Å². The zero-order chi connectivity index (χ0) is 13.8. The molecule has 0 aliphatic carbocycles. The fraction of sp³-hybridized carbons (Fsp3) is 0.462. The van der Waals surface area contributed by atoms with E-state index in [4.69, 9.17) is 5.21 Å². The average molecular weight is 262 g/mol. The fourth-order valence-electron chi connectivity index (χ4n) is 2.18. The molecule has 1 aromatic rings. The van der Waals surface area contributed by atoms with Crippen molar-refractivity contribution < 1.29 is 10.0 Å². The second-order valence-electron chi connectivity index (χ2n) is 4.58. The van der Waals surface area contributed by atoms with Gasteiger partial charge in [0.15, 0.2) is 0 Å². The standard InChI is InChI=1S/C13H18N4O2/c1-10-12(9-14-19)3-4-13(15-10)17-7-5-16(6-8-17)11(2)18/h3-4,9,19H,5-8H2,1-2H3/b14-9+. The van der Waals surface area contributed by atoms with Gasteiger partial charge in [-0.2, -0.15) is 0 Å². The van der Waals surface area contributed by atoms with Gasteiger partial charge in [0.05, 0.1) is 6.21 Å². The minimum Gasteiger partial charge on any atom is -0.411 e. The largest absolute Gasteiger partial charge is 0.411 e. The molecule has 19 heavy (non-hydrogen) atoms. The molecule has 0 unspecified atom stereocenters. The Hall–Kier alpha value is -2.11. The first-order valence-electron chi connectivity index (χ1n) is 6.27. The Balaban J connectivity index is 2.08. The molecule has 1 fully saturated rings. The van der Waals surface area contributed by atoms with Crippen molar-refractivity contribution in [1.29, 1.82) is 0 Å². The topological polar surface area (TPSA) is 69.0 Å². The summed E-state index contributed by atoms with van der Waals surface area (Å²) in [6.45, 7) is 6.53. The van der Waals surface area contributed by atoms with Crippen LogP contribution in [0.1, 0.15) is 18.2 Å². The number of oxime groups is 1. The maximum absolute atomic E-state index is 11.3. The van der Waals surface area contributed by atoms with Crippen molar-refractivity contribution in [3.05, 3.63) is 23.4 Å². The zero-order valence-electron chi connectivity index (χ0n) is 11.2. The fourth-order valence-corrected chi connectivity index (χ4v) is 2.18. The predicted octanol–water partition coefficient (Wildman–Crippen LogP) is 0.867. The molecule has 0 atom stereocenters. The van der Waals surface area contributed by atoms with E-state index in [2.05, 4.69) is 15.0 Å². The lowest BCUT2D eigenvalue weighted by molar-refractivity contribution is -0.129. The van der Waals surface area contributed by atoms with Crippen molar-refractivity contribution >= 4 is 17.9 Å². The first-order valence-corrected chi connectivity index (χ1v) is 6.27. The third kappa shape index (κ3) is 3.01. The number of hydrogen-bond donors (Lipinski definition) is 1.